The normalized spacial score (nSPS) is 21.6. The summed E-state index contributed by atoms with van der Waals surface area (Å²) in [7, 11) is 0. The summed E-state index contributed by atoms with van der Waals surface area (Å²) in [6.45, 7) is 3.80. The second kappa shape index (κ2) is 6.74. The van der Waals surface area contributed by atoms with Crippen LogP contribution in [0.25, 0.3) is 11.1 Å². The predicted molar refractivity (Wildman–Crippen MR) is 104 cm³/mol. The van der Waals surface area contributed by atoms with Crippen molar-refractivity contribution >= 4 is 0 Å². The fourth-order valence-corrected chi connectivity index (χ4v) is 4.77. The third-order valence-electron chi connectivity index (χ3n) is 5.79. The van der Waals surface area contributed by atoms with Crippen LogP contribution in [0, 0.1) is 5.92 Å². The van der Waals surface area contributed by atoms with Crippen LogP contribution in [0.3, 0.4) is 0 Å². The van der Waals surface area contributed by atoms with Gasteiger partial charge in [0.25, 0.3) is 5.56 Å². The molecule has 2 bridgehead atoms. The Morgan fingerprint density at radius 2 is 1.78 bits per heavy atom. The number of pyridine rings is 1. The molecule has 0 saturated carbocycles. The summed E-state index contributed by atoms with van der Waals surface area (Å²) in [6, 6.07) is 14.3. The van der Waals surface area contributed by atoms with E-state index in [0.717, 1.165) is 49.4 Å². The van der Waals surface area contributed by atoms with Gasteiger partial charge in [0.1, 0.15) is 6.33 Å². The molecular formula is C22H22N4O. The van der Waals surface area contributed by atoms with Crippen LogP contribution in [-0.2, 0) is 13.1 Å². The lowest BCUT2D eigenvalue weighted by Gasteiger charge is -2.43. The smallest absolute Gasteiger partial charge is 0.250 e. The van der Waals surface area contributed by atoms with E-state index < -0.39 is 0 Å². The fraction of sp³-hybridized carbons (Fsp3) is 0.318. The minimum Gasteiger partial charge on any atom is -0.311 e. The number of rotatable bonds is 3. The van der Waals surface area contributed by atoms with E-state index >= 15 is 0 Å². The second-order valence-corrected chi connectivity index (χ2v) is 7.69. The summed E-state index contributed by atoms with van der Waals surface area (Å²) in [5.74, 6) is 0.894. The number of nitrogens with zero attached hydrogens (tertiary/aromatic N) is 4. The van der Waals surface area contributed by atoms with Gasteiger partial charge in [-0.3, -0.25) is 9.69 Å². The zero-order valence-corrected chi connectivity index (χ0v) is 15.2. The SMILES string of the molecule is O=c1ccc(-c2cncnc2)c2n1CC1CC2CN(Cc2ccccc2)C1. The van der Waals surface area contributed by atoms with Gasteiger partial charge in [-0.05, 0) is 24.0 Å². The van der Waals surface area contributed by atoms with Crippen molar-refractivity contribution in [2.45, 2.75) is 25.4 Å². The Hall–Kier alpha value is -2.79. The molecule has 1 saturated heterocycles. The predicted octanol–water partition coefficient (Wildman–Crippen LogP) is 2.92. The van der Waals surface area contributed by atoms with Crippen LogP contribution in [0.15, 0.2) is 66.0 Å². The molecule has 2 aliphatic heterocycles. The number of likely N-dealkylation sites (tertiary alicyclic amines) is 1. The third-order valence-corrected chi connectivity index (χ3v) is 5.79. The van der Waals surface area contributed by atoms with Gasteiger partial charge in [0.15, 0.2) is 0 Å². The maximum atomic E-state index is 12.6. The molecule has 3 aromatic rings. The first-order valence-corrected chi connectivity index (χ1v) is 9.53. The molecule has 27 heavy (non-hydrogen) atoms. The minimum absolute atomic E-state index is 0.108. The summed E-state index contributed by atoms with van der Waals surface area (Å²) in [5, 5.41) is 0. The van der Waals surface area contributed by atoms with Gasteiger partial charge in [-0.15, -0.1) is 0 Å². The van der Waals surface area contributed by atoms with Crippen molar-refractivity contribution in [3.05, 3.63) is 82.8 Å². The Kier molecular flexibility index (Phi) is 4.09. The molecule has 5 nitrogen and oxygen atoms in total. The monoisotopic (exact) mass is 358 g/mol. The third kappa shape index (κ3) is 3.08. The Balaban J connectivity index is 1.52. The van der Waals surface area contributed by atoms with Crippen molar-refractivity contribution in [3.8, 4) is 11.1 Å². The summed E-state index contributed by atoms with van der Waals surface area (Å²) in [6.07, 6.45) is 6.37. The number of benzene rings is 1. The first-order valence-electron chi connectivity index (χ1n) is 9.53. The van der Waals surface area contributed by atoms with Crippen molar-refractivity contribution in [1.82, 2.24) is 19.4 Å². The first kappa shape index (κ1) is 16.4. The van der Waals surface area contributed by atoms with Crippen molar-refractivity contribution in [2.75, 3.05) is 13.1 Å². The lowest BCUT2D eigenvalue weighted by atomic mass is 9.80. The Morgan fingerprint density at radius 3 is 2.59 bits per heavy atom. The van der Waals surface area contributed by atoms with Crippen LogP contribution in [0.1, 0.15) is 23.6 Å². The minimum atomic E-state index is 0.108. The molecule has 0 amide bonds. The van der Waals surface area contributed by atoms with Crippen LogP contribution < -0.4 is 5.56 Å². The van der Waals surface area contributed by atoms with E-state index in [9.17, 15) is 4.79 Å². The molecule has 2 aromatic heterocycles. The van der Waals surface area contributed by atoms with Gasteiger partial charge in [0.05, 0.1) is 0 Å². The maximum Gasteiger partial charge on any atom is 0.250 e. The standard InChI is InChI=1S/C22H22N4O/c27-21-7-6-20(19-9-23-15-24-10-19)22-18-8-17(13-26(21)22)12-25(14-18)11-16-4-2-1-3-5-16/h1-7,9-10,15,17-18H,8,11-14H2. The van der Waals surface area contributed by atoms with Crippen molar-refractivity contribution < 1.29 is 0 Å². The van der Waals surface area contributed by atoms with Gasteiger partial charge >= 0.3 is 0 Å². The topological polar surface area (TPSA) is 51.0 Å². The van der Waals surface area contributed by atoms with Crippen molar-refractivity contribution in [2.24, 2.45) is 5.92 Å². The largest absolute Gasteiger partial charge is 0.311 e. The van der Waals surface area contributed by atoms with Crippen molar-refractivity contribution in [1.29, 1.82) is 0 Å². The zero-order valence-electron chi connectivity index (χ0n) is 15.2. The molecule has 0 radical (unpaired) electrons. The highest BCUT2D eigenvalue weighted by molar-refractivity contribution is 5.65. The highest BCUT2D eigenvalue weighted by Crippen LogP contribution is 2.39. The van der Waals surface area contributed by atoms with E-state index in [4.69, 9.17) is 0 Å². The molecule has 5 heteroatoms. The Morgan fingerprint density at radius 1 is 0.963 bits per heavy atom. The molecule has 0 N–H and O–H groups in total. The maximum absolute atomic E-state index is 12.6. The molecule has 5 rings (SSSR count). The van der Waals surface area contributed by atoms with Gasteiger partial charge in [-0.1, -0.05) is 30.3 Å². The Labute approximate surface area is 158 Å². The molecule has 136 valence electrons. The lowest BCUT2D eigenvalue weighted by Crippen LogP contribution is -2.47. The number of hydrogen-bond acceptors (Lipinski definition) is 4. The molecule has 4 heterocycles. The molecular weight excluding hydrogens is 336 g/mol. The molecule has 0 aliphatic carbocycles. The fourth-order valence-electron chi connectivity index (χ4n) is 4.77. The molecule has 2 atom stereocenters. The summed E-state index contributed by atoms with van der Waals surface area (Å²) < 4.78 is 2.00. The van der Waals surface area contributed by atoms with E-state index in [1.807, 2.05) is 23.0 Å². The van der Waals surface area contributed by atoms with E-state index in [2.05, 4.69) is 45.2 Å². The molecule has 1 fully saturated rings. The van der Waals surface area contributed by atoms with Crippen LogP contribution in [-0.4, -0.2) is 32.5 Å². The van der Waals surface area contributed by atoms with Gasteiger partial charge in [0, 0.05) is 67.4 Å². The average Bonchev–Trinajstić information content (AvgIpc) is 2.70. The summed E-state index contributed by atoms with van der Waals surface area (Å²) in [4.78, 5) is 23.5. The van der Waals surface area contributed by atoms with Crippen molar-refractivity contribution in [3.63, 3.8) is 0 Å². The Bertz CT molecular complexity index is 1000. The van der Waals surface area contributed by atoms with E-state index in [-0.39, 0.29) is 5.56 Å². The van der Waals surface area contributed by atoms with Gasteiger partial charge in [-0.25, -0.2) is 9.97 Å². The van der Waals surface area contributed by atoms with Crippen LogP contribution in [0.4, 0.5) is 0 Å². The lowest BCUT2D eigenvalue weighted by molar-refractivity contribution is 0.115. The average molecular weight is 358 g/mol. The van der Waals surface area contributed by atoms with Gasteiger partial charge in [-0.2, -0.15) is 0 Å². The number of fused-ring (bicyclic) bond motifs is 4. The first-order chi connectivity index (χ1) is 13.3. The van der Waals surface area contributed by atoms with Crippen LogP contribution in [0.2, 0.25) is 0 Å². The van der Waals surface area contributed by atoms with Gasteiger partial charge in [0.2, 0.25) is 0 Å². The molecule has 2 unspecified atom stereocenters. The number of piperidine rings is 1. The number of hydrogen-bond donors (Lipinski definition) is 0. The zero-order chi connectivity index (χ0) is 18.2. The number of aromatic nitrogens is 3. The van der Waals surface area contributed by atoms with Crippen LogP contribution >= 0.6 is 0 Å². The molecule has 1 aromatic carbocycles. The van der Waals surface area contributed by atoms with E-state index in [0.29, 0.717) is 11.8 Å². The summed E-state index contributed by atoms with van der Waals surface area (Å²) in [5.41, 5.74) is 4.70. The highest BCUT2D eigenvalue weighted by Gasteiger charge is 2.36. The second-order valence-electron chi connectivity index (χ2n) is 7.69. The van der Waals surface area contributed by atoms with E-state index in [1.165, 1.54) is 5.56 Å². The van der Waals surface area contributed by atoms with E-state index in [1.54, 1.807) is 12.4 Å². The summed E-state index contributed by atoms with van der Waals surface area (Å²) >= 11 is 0. The quantitative estimate of drug-likeness (QED) is 0.722. The highest BCUT2D eigenvalue weighted by atomic mass is 16.1. The molecule has 0 spiro atoms. The molecule has 2 aliphatic rings. The van der Waals surface area contributed by atoms with Gasteiger partial charge < -0.3 is 4.57 Å². The van der Waals surface area contributed by atoms with Crippen LogP contribution in [0.5, 0.6) is 0 Å².